The highest BCUT2D eigenvalue weighted by molar-refractivity contribution is 5.78. The number of hydrogen-bond acceptors (Lipinski definition) is 3. The van der Waals surface area contributed by atoms with Gasteiger partial charge in [-0.3, -0.25) is 9.69 Å². The van der Waals surface area contributed by atoms with Crippen molar-refractivity contribution in [1.82, 2.24) is 15.1 Å². The van der Waals surface area contributed by atoms with Crippen LogP contribution in [0.4, 0.5) is 0 Å². The molecule has 2 heterocycles. The average molecular weight is 211 g/mol. The molecule has 0 unspecified atom stereocenters. The molecular weight excluding hydrogens is 190 g/mol. The van der Waals surface area contributed by atoms with Crippen molar-refractivity contribution in [2.24, 2.45) is 0 Å². The summed E-state index contributed by atoms with van der Waals surface area (Å²) in [6.45, 7) is 4.59. The third-order valence-electron chi connectivity index (χ3n) is 3.48. The minimum absolute atomic E-state index is 0.309. The number of rotatable bonds is 3. The summed E-state index contributed by atoms with van der Waals surface area (Å²) in [4.78, 5) is 16.1. The lowest BCUT2D eigenvalue weighted by atomic mass is 10.1. The van der Waals surface area contributed by atoms with Gasteiger partial charge in [-0.15, -0.1) is 0 Å². The highest BCUT2D eigenvalue weighted by Gasteiger charge is 2.25. The summed E-state index contributed by atoms with van der Waals surface area (Å²) in [5.74, 6) is 0.309. The molecule has 0 aromatic heterocycles. The monoisotopic (exact) mass is 211 g/mol. The summed E-state index contributed by atoms with van der Waals surface area (Å²) < 4.78 is 0. The molecule has 2 fully saturated rings. The van der Waals surface area contributed by atoms with Crippen molar-refractivity contribution in [1.29, 1.82) is 0 Å². The molecule has 2 aliphatic heterocycles. The predicted molar refractivity (Wildman–Crippen MR) is 59.7 cm³/mol. The first-order valence-electron chi connectivity index (χ1n) is 5.96. The van der Waals surface area contributed by atoms with Crippen LogP contribution in [-0.2, 0) is 4.79 Å². The van der Waals surface area contributed by atoms with Gasteiger partial charge >= 0.3 is 0 Å². The van der Waals surface area contributed by atoms with Gasteiger partial charge in [0.1, 0.15) is 0 Å². The third-order valence-corrected chi connectivity index (χ3v) is 3.48. The Balaban J connectivity index is 1.74. The van der Waals surface area contributed by atoms with Gasteiger partial charge < -0.3 is 10.2 Å². The van der Waals surface area contributed by atoms with Gasteiger partial charge in [0.15, 0.2) is 0 Å². The van der Waals surface area contributed by atoms with Crippen molar-refractivity contribution in [3.05, 3.63) is 0 Å². The van der Waals surface area contributed by atoms with E-state index in [1.54, 1.807) is 0 Å². The van der Waals surface area contributed by atoms with Gasteiger partial charge in [-0.1, -0.05) is 0 Å². The van der Waals surface area contributed by atoms with Crippen LogP contribution in [-0.4, -0.2) is 61.5 Å². The summed E-state index contributed by atoms with van der Waals surface area (Å²) in [7, 11) is 2.05. The average Bonchev–Trinajstić information content (AvgIpc) is 2.16. The summed E-state index contributed by atoms with van der Waals surface area (Å²) in [5, 5.41) is 3.23. The summed E-state index contributed by atoms with van der Waals surface area (Å²) >= 11 is 0. The fraction of sp³-hybridized carbons (Fsp3) is 0.909. The highest BCUT2D eigenvalue weighted by atomic mass is 16.2. The van der Waals surface area contributed by atoms with Gasteiger partial charge in [0.2, 0.25) is 5.91 Å². The van der Waals surface area contributed by atoms with Crippen LogP contribution in [0.1, 0.15) is 19.3 Å². The lowest BCUT2D eigenvalue weighted by Gasteiger charge is -2.36. The summed E-state index contributed by atoms with van der Waals surface area (Å²) in [5.41, 5.74) is 0. The Hall–Kier alpha value is -0.610. The number of hydrogen-bond donors (Lipinski definition) is 1. The number of carbonyl (C=O) groups excluding carboxylic acids is 1. The third kappa shape index (κ3) is 2.69. The van der Waals surface area contributed by atoms with Crippen LogP contribution >= 0.6 is 0 Å². The van der Waals surface area contributed by atoms with E-state index in [-0.39, 0.29) is 0 Å². The molecule has 1 amide bonds. The highest BCUT2D eigenvalue weighted by Crippen LogP contribution is 2.10. The molecule has 0 radical (unpaired) electrons. The molecule has 2 aliphatic rings. The molecule has 0 spiro atoms. The van der Waals surface area contributed by atoms with E-state index in [9.17, 15) is 4.79 Å². The molecule has 2 rings (SSSR count). The van der Waals surface area contributed by atoms with Gasteiger partial charge in [0.05, 0.1) is 6.54 Å². The van der Waals surface area contributed by atoms with E-state index in [0.717, 1.165) is 26.2 Å². The minimum Gasteiger partial charge on any atom is -0.342 e. The molecular formula is C11H21N3O. The Morgan fingerprint density at radius 2 is 2.00 bits per heavy atom. The second-order valence-corrected chi connectivity index (χ2v) is 4.67. The molecule has 0 bridgehead atoms. The summed E-state index contributed by atoms with van der Waals surface area (Å²) in [6.07, 6.45) is 3.65. The SMILES string of the molecule is CN(CC(=O)N1CCCCC1)C1CNC1. The molecule has 0 aliphatic carbocycles. The van der Waals surface area contributed by atoms with E-state index >= 15 is 0 Å². The van der Waals surface area contributed by atoms with E-state index in [0.29, 0.717) is 18.5 Å². The second kappa shape index (κ2) is 4.94. The maximum absolute atomic E-state index is 11.9. The number of likely N-dealkylation sites (tertiary alicyclic amines) is 1. The zero-order valence-electron chi connectivity index (χ0n) is 9.54. The van der Waals surface area contributed by atoms with Gasteiger partial charge in [-0.05, 0) is 26.3 Å². The van der Waals surface area contributed by atoms with Crippen molar-refractivity contribution < 1.29 is 4.79 Å². The Morgan fingerprint density at radius 1 is 1.33 bits per heavy atom. The van der Waals surface area contributed by atoms with E-state index in [1.165, 1.54) is 19.3 Å². The maximum atomic E-state index is 11.9. The Morgan fingerprint density at radius 3 is 2.53 bits per heavy atom. The quantitative estimate of drug-likeness (QED) is 0.708. The fourth-order valence-electron chi connectivity index (χ4n) is 2.17. The molecule has 0 atom stereocenters. The van der Waals surface area contributed by atoms with Crippen LogP contribution < -0.4 is 5.32 Å². The zero-order valence-corrected chi connectivity index (χ0v) is 9.54. The normalized spacial score (nSPS) is 22.9. The first kappa shape index (κ1) is 10.9. The number of amides is 1. The minimum atomic E-state index is 0.309. The molecule has 15 heavy (non-hydrogen) atoms. The van der Waals surface area contributed by atoms with Crippen LogP contribution in [0.5, 0.6) is 0 Å². The van der Waals surface area contributed by atoms with Gasteiger partial charge in [0.25, 0.3) is 0 Å². The smallest absolute Gasteiger partial charge is 0.236 e. The standard InChI is InChI=1S/C11H21N3O/c1-13(10-7-12-8-10)9-11(15)14-5-3-2-4-6-14/h10,12H,2-9H2,1H3. The van der Waals surface area contributed by atoms with E-state index in [4.69, 9.17) is 0 Å². The van der Waals surface area contributed by atoms with Gasteiger partial charge in [-0.2, -0.15) is 0 Å². The molecule has 2 saturated heterocycles. The van der Waals surface area contributed by atoms with Crippen LogP contribution in [0.15, 0.2) is 0 Å². The Labute approximate surface area is 91.6 Å². The predicted octanol–water partition coefficient (Wildman–Crippen LogP) is -0.0975. The number of piperidine rings is 1. The number of nitrogens with zero attached hydrogens (tertiary/aromatic N) is 2. The van der Waals surface area contributed by atoms with Crippen LogP contribution in [0.3, 0.4) is 0 Å². The van der Waals surface area contributed by atoms with Gasteiger partial charge in [0, 0.05) is 32.2 Å². The van der Waals surface area contributed by atoms with Crippen LogP contribution in [0.25, 0.3) is 0 Å². The first-order valence-corrected chi connectivity index (χ1v) is 5.96. The van der Waals surface area contributed by atoms with Gasteiger partial charge in [-0.25, -0.2) is 0 Å². The van der Waals surface area contributed by atoms with Crippen LogP contribution in [0, 0.1) is 0 Å². The Bertz CT molecular complexity index is 222. The van der Waals surface area contributed by atoms with Crippen molar-refractivity contribution in [3.8, 4) is 0 Å². The van der Waals surface area contributed by atoms with Crippen molar-refractivity contribution in [3.63, 3.8) is 0 Å². The van der Waals surface area contributed by atoms with Crippen LogP contribution in [0.2, 0.25) is 0 Å². The summed E-state index contributed by atoms with van der Waals surface area (Å²) in [6, 6.07) is 0.568. The van der Waals surface area contributed by atoms with E-state index in [1.807, 2.05) is 11.9 Å². The topological polar surface area (TPSA) is 35.6 Å². The lowest BCUT2D eigenvalue weighted by Crippen LogP contribution is -2.57. The van der Waals surface area contributed by atoms with E-state index in [2.05, 4.69) is 10.2 Å². The Kier molecular flexibility index (Phi) is 3.59. The molecule has 0 saturated carbocycles. The molecule has 0 aromatic rings. The zero-order chi connectivity index (χ0) is 10.7. The second-order valence-electron chi connectivity index (χ2n) is 4.67. The number of carbonyl (C=O) groups is 1. The molecule has 0 aromatic carbocycles. The largest absolute Gasteiger partial charge is 0.342 e. The lowest BCUT2D eigenvalue weighted by molar-refractivity contribution is -0.133. The van der Waals surface area contributed by atoms with Crippen molar-refractivity contribution in [2.45, 2.75) is 25.3 Å². The molecule has 1 N–H and O–H groups in total. The maximum Gasteiger partial charge on any atom is 0.236 e. The van der Waals surface area contributed by atoms with Crippen molar-refractivity contribution >= 4 is 5.91 Å². The first-order chi connectivity index (χ1) is 7.27. The molecule has 86 valence electrons. The number of likely N-dealkylation sites (N-methyl/N-ethyl adjacent to an activating group) is 1. The molecule has 4 heteroatoms. The van der Waals surface area contributed by atoms with E-state index < -0.39 is 0 Å². The molecule has 4 nitrogen and oxygen atoms in total. The number of nitrogens with one attached hydrogen (secondary N) is 1. The van der Waals surface area contributed by atoms with Crippen molar-refractivity contribution in [2.75, 3.05) is 39.8 Å². The fourth-order valence-corrected chi connectivity index (χ4v) is 2.17.